The number of rotatable bonds is 9. The zero-order valence-electron chi connectivity index (χ0n) is 13.4. The number of ether oxygens (including phenoxy) is 2. The van der Waals surface area contributed by atoms with Crippen molar-refractivity contribution in [2.75, 3.05) is 27.3 Å². The highest BCUT2D eigenvalue weighted by Gasteiger charge is 2.12. The highest BCUT2D eigenvalue weighted by Crippen LogP contribution is 2.30. The number of benzene rings is 1. The monoisotopic (exact) mass is 294 g/mol. The fraction of sp³-hybridized carbons (Fsp3) is 0.562. The van der Waals surface area contributed by atoms with Crippen molar-refractivity contribution >= 4 is 5.91 Å². The topological polar surface area (TPSA) is 59.6 Å². The Labute approximate surface area is 127 Å². The number of nitrogens with one attached hydrogen (secondary N) is 2. The van der Waals surface area contributed by atoms with Gasteiger partial charge in [0.1, 0.15) is 0 Å². The van der Waals surface area contributed by atoms with Gasteiger partial charge >= 0.3 is 0 Å². The van der Waals surface area contributed by atoms with Crippen molar-refractivity contribution in [1.29, 1.82) is 0 Å². The first kappa shape index (κ1) is 17.3. The van der Waals surface area contributed by atoms with Gasteiger partial charge < -0.3 is 20.1 Å². The van der Waals surface area contributed by atoms with Crippen LogP contribution in [0.25, 0.3) is 0 Å². The second-order valence-electron chi connectivity index (χ2n) is 4.73. The molecule has 118 valence electrons. The summed E-state index contributed by atoms with van der Waals surface area (Å²) in [4.78, 5) is 11.4. The van der Waals surface area contributed by atoms with Crippen molar-refractivity contribution in [2.24, 2.45) is 0 Å². The minimum absolute atomic E-state index is 0.0761. The summed E-state index contributed by atoms with van der Waals surface area (Å²) in [6.07, 6.45) is 1.42. The average Bonchev–Trinajstić information content (AvgIpc) is 2.51. The molecule has 0 aliphatic rings. The smallest absolute Gasteiger partial charge is 0.221 e. The molecule has 1 rings (SSSR count). The lowest BCUT2D eigenvalue weighted by Crippen LogP contribution is -2.29. The number of hydrogen-bond acceptors (Lipinski definition) is 4. The molecule has 0 fully saturated rings. The van der Waals surface area contributed by atoms with Gasteiger partial charge in [-0.3, -0.25) is 4.79 Å². The van der Waals surface area contributed by atoms with Crippen LogP contribution in [0.5, 0.6) is 11.5 Å². The molecule has 0 spiro atoms. The van der Waals surface area contributed by atoms with E-state index in [1.54, 1.807) is 14.2 Å². The highest BCUT2D eigenvalue weighted by molar-refractivity contribution is 5.75. The lowest BCUT2D eigenvalue weighted by atomic mass is 10.0. The Kier molecular flexibility index (Phi) is 7.61. The van der Waals surface area contributed by atoms with E-state index in [0.717, 1.165) is 23.5 Å². The van der Waals surface area contributed by atoms with Gasteiger partial charge in [-0.05, 0) is 31.0 Å². The molecule has 5 nitrogen and oxygen atoms in total. The lowest BCUT2D eigenvalue weighted by Gasteiger charge is -2.19. The van der Waals surface area contributed by atoms with E-state index in [-0.39, 0.29) is 11.9 Å². The van der Waals surface area contributed by atoms with Gasteiger partial charge in [-0.1, -0.05) is 13.0 Å². The minimum atomic E-state index is 0.0761. The fourth-order valence-corrected chi connectivity index (χ4v) is 2.21. The van der Waals surface area contributed by atoms with Crippen LogP contribution in [0.15, 0.2) is 18.2 Å². The largest absolute Gasteiger partial charge is 0.493 e. The van der Waals surface area contributed by atoms with Crippen molar-refractivity contribution in [1.82, 2.24) is 10.6 Å². The number of amides is 1. The number of carbonyl (C=O) groups is 1. The van der Waals surface area contributed by atoms with Crippen LogP contribution in [0.4, 0.5) is 0 Å². The third-order valence-corrected chi connectivity index (χ3v) is 3.33. The number of methoxy groups -OCH3 is 2. The van der Waals surface area contributed by atoms with Crippen LogP contribution in [0, 0.1) is 0 Å². The number of hydrogen-bond donors (Lipinski definition) is 2. The van der Waals surface area contributed by atoms with Crippen LogP contribution in [-0.4, -0.2) is 33.2 Å². The van der Waals surface area contributed by atoms with Crippen molar-refractivity contribution < 1.29 is 14.3 Å². The average molecular weight is 294 g/mol. The molecule has 1 aromatic carbocycles. The van der Waals surface area contributed by atoms with Crippen molar-refractivity contribution in [3.8, 4) is 11.5 Å². The molecule has 1 aromatic rings. The highest BCUT2D eigenvalue weighted by atomic mass is 16.5. The second kappa shape index (κ2) is 9.23. The van der Waals surface area contributed by atoms with Crippen LogP contribution in [0.1, 0.15) is 38.3 Å². The van der Waals surface area contributed by atoms with E-state index >= 15 is 0 Å². The Hall–Kier alpha value is -1.75. The van der Waals surface area contributed by atoms with Gasteiger partial charge in [0.25, 0.3) is 0 Å². The summed E-state index contributed by atoms with van der Waals surface area (Å²) in [5.74, 6) is 1.52. The lowest BCUT2D eigenvalue weighted by molar-refractivity contribution is -0.120. The first-order valence-electron chi connectivity index (χ1n) is 7.38. The standard InChI is InChI=1S/C16H26N2O3/c1-5-13(18-10-9-16(19)17-6-2)12-7-8-14(20-3)15(11-12)21-4/h7-8,11,13,18H,5-6,9-10H2,1-4H3,(H,17,19). The summed E-state index contributed by atoms with van der Waals surface area (Å²) in [7, 11) is 3.25. The van der Waals surface area contributed by atoms with Crippen LogP contribution in [0.3, 0.4) is 0 Å². The molecule has 0 saturated heterocycles. The van der Waals surface area contributed by atoms with Crippen molar-refractivity contribution in [3.05, 3.63) is 23.8 Å². The van der Waals surface area contributed by atoms with E-state index in [9.17, 15) is 4.79 Å². The molecule has 1 atom stereocenters. The molecule has 0 radical (unpaired) electrons. The molecule has 2 N–H and O–H groups in total. The zero-order chi connectivity index (χ0) is 15.7. The maximum atomic E-state index is 11.4. The van der Waals surface area contributed by atoms with Gasteiger partial charge in [-0.2, -0.15) is 0 Å². The number of carbonyl (C=O) groups excluding carboxylic acids is 1. The molecule has 0 bridgehead atoms. The maximum Gasteiger partial charge on any atom is 0.221 e. The fourth-order valence-electron chi connectivity index (χ4n) is 2.21. The molecular weight excluding hydrogens is 268 g/mol. The van der Waals surface area contributed by atoms with Gasteiger partial charge in [0.15, 0.2) is 11.5 Å². The molecule has 0 saturated carbocycles. The normalized spacial score (nSPS) is 11.8. The maximum absolute atomic E-state index is 11.4. The SMILES string of the molecule is CCNC(=O)CCNC(CC)c1ccc(OC)c(OC)c1. The van der Waals surface area contributed by atoms with Crippen LogP contribution >= 0.6 is 0 Å². The molecule has 5 heteroatoms. The van der Waals surface area contributed by atoms with E-state index in [0.29, 0.717) is 19.5 Å². The summed E-state index contributed by atoms with van der Waals surface area (Å²) in [6, 6.07) is 6.10. The molecule has 21 heavy (non-hydrogen) atoms. The molecule has 1 unspecified atom stereocenters. The summed E-state index contributed by atoms with van der Waals surface area (Å²) >= 11 is 0. The summed E-state index contributed by atoms with van der Waals surface area (Å²) in [6.45, 7) is 5.36. The van der Waals surface area contributed by atoms with Gasteiger partial charge in [0, 0.05) is 25.6 Å². The first-order valence-corrected chi connectivity index (χ1v) is 7.38. The zero-order valence-corrected chi connectivity index (χ0v) is 13.4. The molecule has 0 aliphatic heterocycles. The third-order valence-electron chi connectivity index (χ3n) is 3.33. The Morgan fingerprint density at radius 1 is 1.19 bits per heavy atom. The van der Waals surface area contributed by atoms with E-state index in [4.69, 9.17) is 9.47 Å². The van der Waals surface area contributed by atoms with E-state index in [1.165, 1.54) is 0 Å². The van der Waals surface area contributed by atoms with Gasteiger partial charge in [0.2, 0.25) is 5.91 Å². The Morgan fingerprint density at radius 2 is 1.90 bits per heavy atom. The molecule has 0 aromatic heterocycles. The predicted octanol–water partition coefficient (Wildman–Crippen LogP) is 2.27. The Morgan fingerprint density at radius 3 is 2.48 bits per heavy atom. The van der Waals surface area contributed by atoms with E-state index < -0.39 is 0 Å². The van der Waals surface area contributed by atoms with Crippen molar-refractivity contribution in [3.63, 3.8) is 0 Å². The third kappa shape index (κ3) is 5.27. The van der Waals surface area contributed by atoms with Gasteiger partial charge in [0.05, 0.1) is 14.2 Å². The predicted molar refractivity (Wildman–Crippen MR) is 83.9 cm³/mol. The van der Waals surface area contributed by atoms with Gasteiger partial charge in [-0.25, -0.2) is 0 Å². The molecule has 0 aliphatic carbocycles. The first-order chi connectivity index (χ1) is 10.2. The summed E-state index contributed by atoms with van der Waals surface area (Å²) in [5, 5.41) is 6.20. The van der Waals surface area contributed by atoms with Crippen molar-refractivity contribution in [2.45, 2.75) is 32.7 Å². The minimum Gasteiger partial charge on any atom is -0.493 e. The quantitative estimate of drug-likeness (QED) is 0.733. The molecule has 1 amide bonds. The van der Waals surface area contributed by atoms with Crippen LogP contribution in [-0.2, 0) is 4.79 Å². The van der Waals surface area contributed by atoms with Crippen LogP contribution in [0.2, 0.25) is 0 Å². The Balaban J connectivity index is 2.65. The molecular formula is C16H26N2O3. The summed E-state index contributed by atoms with van der Waals surface area (Å²) in [5.41, 5.74) is 1.13. The van der Waals surface area contributed by atoms with E-state index in [1.807, 2.05) is 25.1 Å². The van der Waals surface area contributed by atoms with E-state index in [2.05, 4.69) is 17.6 Å². The second-order valence-corrected chi connectivity index (χ2v) is 4.73. The summed E-state index contributed by atoms with van der Waals surface area (Å²) < 4.78 is 10.6. The molecule has 0 heterocycles. The Bertz CT molecular complexity index is 449. The van der Waals surface area contributed by atoms with Gasteiger partial charge in [-0.15, -0.1) is 0 Å². The van der Waals surface area contributed by atoms with Crippen LogP contribution < -0.4 is 20.1 Å².